The Morgan fingerprint density at radius 1 is 1.05 bits per heavy atom. The van der Waals surface area contributed by atoms with E-state index in [2.05, 4.69) is 12.1 Å². The van der Waals surface area contributed by atoms with E-state index in [1.165, 1.54) is 5.56 Å². The molecule has 1 aliphatic carbocycles. The van der Waals surface area contributed by atoms with Crippen LogP contribution in [0, 0.1) is 5.92 Å². The maximum absolute atomic E-state index is 11.7. The lowest BCUT2D eigenvalue weighted by atomic mass is 9.71. The van der Waals surface area contributed by atoms with Crippen molar-refractivity contribution >= 4 is 5.97 Å². The van der Waals surface area contributed by atoms with Crippen molar-refractivity contribution in [3.8, 4) is 11.5 Å². The average Bonchev–Trinajstić information content (AvgIpc) is 2.47. The molecule has 3 rings (SSSR count). The lowest BCUT2D eigenvalue weighted by Gasteiger charge is -2.33. The van der Waals surface area contributed by atoms with Crippen molar-refractivity contribution in [3.05, 3.63) is 60.2 Å². The second-order valence-electron chi connectivity index (χ2n) is 5.60. The summed E-state index contributed by atoms with van der Waals surface area (Å²) < 4.78 is 10.9. The lowest BCUT2D eigenvalue weighted by molar-refractivity contribution is -0.151. The van der Waals surface area contributed by atoms with Crippen LogP contribution in [0.2, 0.25) is 0 Å². The van der Waals surface area contributed by atoms with E-state index in [1.807, 2.05) is 49.4 Å². The van der Waals surface area contributed by atoms with Crippen molar-refractivity contribution in [2.24, 2.45) is 5.92 Å². The molecule has 0 amide bonds. The standard InChI is InChI=1S/C19H20O3/c1-2-21-19(20)16-11-15(12-16)14-7-6-10-18(13-14)22-17-8-4-3-5-9-17/h3-10,13,15-16H,2,11-12H2,1H3/t15-,16+. The van der Waals surface area contributed by atoms with E-state index < -0.39 is 0 Å². The third kappa shape index (κ3) is 3.30. The zero-order valence-electron chi connectivity index (χ0n) is 12.7. The van der Waals surface area contributed by atoms with Gasteiger partial charge in [-0.15, -0.1) is 0 Å². The van der Waals surface area contributed by atoms with E-state index in [-0.39, 0.29) is 11.9 Å². The van der Waals surface area contributed by atoms with Crippen LogP contribution in [0.5, 0.6) is 11.5 Å². The van der Waals surface area contributed by atoms with E-state index in [1.54, 1.807) is 0 Å². The van der Waals surface area contributed by atoms with Gasteiger partial charge < -0.3 is 9.47 Å². The first-order valence-electron chi connectivity index (χ1n) is 7.75. The molecule has 22 heavy (non-hydrogen) atoms. The van der Waals surface area contributed by atoms with Gasteiger partial charge in [-0.25, -0.2) is 0 Å². The number of esters is 1. The van der Waals surface area contributed by atoms with Crippen LogP contribution in [-0.2, 0) is 9.53 Å². The summed E-state index contributed by atoms with van der Waals surface area (Å²) in [7, 11) is 0. The van der Waals surface area contributed by atoms with Gasteiger partial charge in [-0.2, -0.15) is 0 Å². The van der Waals surface area contributed by atoms with Gasteiger partial charge in [0.05, 0.1) is 12.5 Å². The molecule has 0 spiro atoms. The second kappa shape index (κ2) is 6.65. The molecule has 2 aromatic rings. The Morgan fingerprint density at radius 2 is 1.77 bits per heavy atom. The fraction of sp³-hybridized carbons (Fsp3) is 0.316. The summed E-state index contributed by atoms with van der Waals surface area (Å²) in [6.45, 7) is 2.30. The predicted molar refractivity (Wildman–Crippen MR) is 85.1 cm³/mol. The highest BCUT2D eigenvalue weighted by Gasteiger charge is 2.36. The SMILES string of the molecule is CCOC(=O)[C@H]1C[C@@H](c2cccc(Oc3ccccc3)c2)C1. The van der Waals surface area contributed by atoms with Crippen LogP contribution in [0.3, 0.4) is 0 Å². The Morgan fingerprint density at radius 3 is 2.50 bits per heavy atom. The van der Waals surface area contributed by atoms with Crippen molar-refractivity contribution in [1.82, 2.24) is 0 Å². The molecule has 114 valence electrons. The summed E-state index contributed by atoms with van der Waals surface area (Å²) >= 11 is 0. The van der Waals surface area contributed by atoms with E-state index in [0.717, 1.165) is 24.3 Å². The minimum absolute atomic E-state index is 0.0589. The van der Waals surface area contributed by atoms with E-state index in [4.69, 9.17) is 9.47 Å². The predicted octanol–water partition coefficient (Wildman–Crippen LogP) is 4.54. The number of hydrogen-bond donors (Lipinski definition) is 0. The Labute approximate surface area is 130 Å². The maximum atomic E-state index is 11.7. The minimum atomic E-state index is -0.0598. The molecule has 1 saturated carbocycles. The van der Waals surface area contributed by atoms with Gasteiger partial charge in [0.1, 0.15) is 11.5 Å². The largest absolute Gasteiger partial charge is 0.466 e. The van der Waals surface area contributed by atoms with Crippen LogP contribution < -0.4 is 4.74 Å². The van der Waals surface area contributed by atoms with Gasteiger partial charge in [0.2, 0.25) is 0 Å². The zero-order valence-corrected chi connectivity index (χ0v) is 12.7. The minimum Gasteiger partial charge on any atom is -0.466 e. The van der Waals surface area contributed by atoms with Crippen molar-refractivity contribution in [1.29, 1.82) is 0 Å². The van der Waals surface area contributed by atoms with Gasteiger partial charge in [0.25, 0.3) is 0 Å². The summed E-state index contributed by atoms with van der Waals surface area (Å²) in [5.74, 6) is 2.09. The van der Waals surface area contributed by atoms with Crippen LogP contribution in [0.1, 0.15) is 31.2 Å². The summed E-state index contributed by atoms with van der Waals surface area (Å²) in [6.07, 6.45) is 1.74. The van der Waals surface area contributed by atoms with Crippen LogP contribution in [0.15, 0.2) is 54.6 Å². The van der Waals surface area contributed by atoms with Crippen molar-refractivity contribution < 1.29 is 14.3 Å². The van der Waals surface area contributed by atoms with E-state index in [0.29, 0.717) is 12.5 Å². The molecule has 0 heterocycles. The van der Waals surface area contributed by atoms with E-state index in [9.17, 15) is 4.79 Å². The molecular weight excluding hydrogens is 276 g/mol. The number of carbonyl (C=O) groups is 1. The summed E-state index contributed by atoms with van der Waals surface area (Å²) in [4.78, 5) is 11.7. The van der Waals surface area contributed by atoms with Gasteiger partial charge in [0.15, 0.2) is 0 Å². The second-order valence-corrected chi connectivity index (χ2v) is 5.60. The Balaban J connectivity index is 1.62. The Hall–Kier alpha value is -2.29. The van der Waals surface area contributed by atoms with Crippen molar-refractivity contribution in [2.45, 2.75) is 25.7 Å². The normalized spacial score (nSPS) is 20.0. The third-order valence-corrected chi connectivity index (χ3v) is 4.07. The molecule has 2 aromatic carbocycles. The number of ether oxygens (including phenoxy) is 2. The zero-order chi connectivity index (χ0) is 15.4. The van der Waals surface area contributed by atoms with Crippen molar-refractivity contribution in [3.63, 3.8) is 0 Å². The molecule has 0 N–H and O–H groups in total. The van der Waals surface area contributed by atoms with E-state index >= 15 is 0 Å². The summed E-state index contributed by atoms with van der Waals surface area (Å²) in [5, 5.41) is 0. The van der Waals surface area contributed by atoms with Gasteiger partial charge in [-0.1, -0.05) is 30.3 Å². The molecule has 0 saturated heterocycles. The fourth-order valence-corrected chi connectivity index (χ4v) is 2.80. The average molecular weight is 296 g/mol. The Kier molecular flexibility index (Phi) is 4.42. The number of benzene rings is 2. The lowest BCUT2D eigenvalue weighted by Crippen LogP contribution is -2.30. The Bertz CT molecular complexity index is 630. The molecule has 0 bridgehead atoms. The molecule has 0 unspecified atom stereocenters. The molecule has 0 aromatic heterocycles. The fourth-order valence-electron chi connectivity index (χ4n) is 2.80. The molecule has 1 fully saturated rings. The molecule has 3 heteroatoms. The van der Waals surface area contributed by atoms with Gasteiger partial charge in [-0.05, 0) is 55.5 Å². The molecule has 0 atom stereocenters. The van der Waals surface area contributed by atoms with Gasteiger partial charge in [0, 0.05) is 0 Å². The summed E-state index contributed by atoms with van der Waals surface area (Å²) in [6, 6.07) is 17.9. The van der Waals surface area contributed by atoms with Crippen LogP contribution in [0.4, 0.5) is 0 Å². The summed E-state index contributed by atoms with van der Waals surface area (Å²) in [5.41, 5.74) is 1.23. The van der Waals surface area contributed by atoms with Crippen LogP contribution >= 0.6 is 0 Å². The quantitative estimate of drug-likeness (QED) is 0.760. The highest BCUT2D eigenvalue weighted by molar-refractivity contribution is 5.74. The van der Waals surface area contributed by atoms with Gasteiger partial charge in [-0.3, -0.25) is 4.79 Å². The first kappa shape index (κ1) is 14.6. The topological polar surface area (TPSA) is 35.5 Å². The highest BCUT2D eigenvalue weighted by Crippen LogP contribution is 2.43. The number of para-hydroxylation sites is 1. The number of carbonyl (C=O) groups excluding carboxylic acids is 1. The molecule has 0 aliphatic heterocycles. The first-order chi connectivity index (χ1) is 10.8. The molecule has 1 aliphatic rings. The molecular formula is C19H20O3. The molecule has 0 radical (unpaired) electrons. The smallest absolute Gasteiger partial charge is 0.308 e. The first-order valence-corrected chi connectivity index (χ1v) is 7.75. The van der Waals surface area contributed by atoms with Crippen molar-refractivity contribution in [2.75, 3.05) is 6.61 Å². The number of hydrogen-bond acceptors (Lipinski definition) is 3. The maximum Gasteiger partial charge on any atom is 0.308 e. The van der Waals surface area contributed by atoms with Crippen LogP contribution in [-0.4, -0.2) is 12.6 Å². The third-order valence-electron chi connectivity index (χ3n) is 4.07. The van der Waals surface area contributed by atoms with Crippen LogP contribution in [0.25, 0.3) is 0 Å². The van der Waals surface area contributed by atoms with Gasteiger partial charge >= 0.3 is 5.97 Å². The molecule has 3 nitrogen and oxygen atoms in total. The monoisotopic (exact) mass is 296 g/mol. The number of rotatable bonds is 5. The highest BCUT2D eigenvalue weighted by atomic mass is 16.5.